The topological polar surface area (TPSA) is 55.5 Å². The minimum absolute atomic E-state index is 0.0163. The highest BCUT2D eigenvalue weighted by atomic mass is 35.5. The standard InChI is InChI=1S/C16H16ClNO2/c17-10-5-6-16-12(7-10)13(8-18)14(9-19)11-3-1-2-4-15(11)20-16/h1-7,13-14,19H,8-9,18H2/t13-,14-/m1/s1. The fraction of sp³-hybridized carbons (Fsp3) is 0.250. The Bertz CT molecular complexity index is 630. The summed E-state index contributed by atoms with van der Waals surface area (Å²) in [6, 6.07) is 13.3. The number of aliphatic hydroxyl groups is 1. The molecule has 1 aliphatic heterocycles. The van der Waals surface area contributed by atoms with E-state index in [0.717, 1.165) is 22.6 Å². The number of halogens is 1. The first-order valence-electron chi connectivity index (χ1n) is 6.61. The van der Waals surface area contributed by atoms with Crippen LogP contribution < -0.4 is 10.5 Å². The second kappa shape index (κ2) is 5.44. The van der Waals surface area contributed by atoms with E-state index < -0.39 is 0 Å². The maximum Gasteiger partial charge on any atom is 0.131 e. The van der Waals surface area contributed by atoms with Crippen LogP contribution in [0.25, 0.3) is 0 Å². The van der Waals surface area contributed by atoms with Crippen molar-refractivity contribution in [2.75, 3.05) is 13.2 Å². The van der Waals surface area contributed by atoms with Crippen molar-refractivity contribution in [3.63, 3.8) is 0 Å². The molecule has 0 bridgehead atoms. The summed E-state index contributed by atoms with van der Waals surface area (Å²) in [4.78, 5) is 0. The molecular formula is C16H16ClNO2. The molecule has 2 atom stereocenters. The Morgan fingerprint density at radius 3 is 2.55 bits per heavy atom. The summed E-state index contributed by atoms with van der Waals surface area (Å²) in [5, 5.41) is 10.5. The third kappa shape index (κ3) is 2.18. The van der Waals surface area contributed by atoms with Crippen molar-refractivity contribution < 1.29 is 9.84 Å². The van der Waals surface area contributed by atoms with Crippen LogP contribution in [0.3, 0.4) is 0 Å². The number of hydrogen-bond donors (Lipinski definition) is 2. The van der Waals surface area contributed by atoms with Crippen LogP contribution in [0.5, 0.6) is 11.5 Å². The monoisotopic (exact) mass is 289 g/mol. The van der Waals surface area contributed by atoms with Crippen LogP contribution in [-0.2, 0) is 0 Å². The zero-order valence-corrected chi connectivity index (χ0v) is 11.7. The van der Waals surface area contributed by atoms with Crippen molar-refractivity contribution in [3.05, 3.63) is 58.6 Å². The molecule has 2 aromatic rings. The highest BCUT2D eigenvalue weighted by molar-refractivity contribution is 6.30. The predicted molar refractivity (Wildman–Crippen MR) is 79.6 cm³/mol. The van der Waals surface area contributed by atoms with Crippen LogP contribution in [0, 0.1) is 0 Å². The van der Waals surface area contributed by atoms with Gasteiger partial charge in [0.15, 0.2) is 0 Å². The SMILES string of the molecule is NC[C@@H]1c2cc(Cl)ccc2Oc2ccccc2[C@H]1CO. The average molecular weight is 290 g/mol. The van der Waals surface area contributed by atoms with Crippen LogP contribution in [0.4, 0.5) is 0 Å². The van der Waals surface area contributed by atoms with Gasteiger partial charge >= 0.3 is 0 Å². The maximum absolute atomic E-state index is 9.82. The van der Waals surface area contributed by atoms with E-state index in [4.69, 9.17) is 22.1 Å². The molecule has 4 heteroatoms. The minimum Gasteiger partial charge on any atom is -0.457 e. The van der Waals surface area contributed by atoms with Crippen LogP contribution in [0.2, 0.25) is 5.02 Å². The highest BCUT2D eigenvalue weighted by Crippen LogP contribution is 2.46. The first-order valence-corrected chi connectivity index (χ1v) is 6.99. The summed E-state index contributed by atoms with van der Waals surface area (Å²) in [5.74, 6) is 1.42. The molecule has 0 saturated heterocycles. The molecule has 2 aromatic carbocycles. The molecule has 0 saturated carbocycles. The van der Waals surface area contributed by atoms with Gasteiger partial charge in [0.2, 0.25) is 0 Å². The zero-order valence-electron chi connectivity index (χ0n) is 10.9. The van der Waals surface area contributed by atoms with Crippen molar-refractivity contribution in [1.82, 2.24) is 0 Å². The quantitative estimate of drug-likeness (QED) is 0.892. The van der Waals surface area contributed by atoms with Gasteiger partial charge < -0.3 is 15.6 Å². The summed E-state index contributed by atoms with van der Waals surface area (Å²) in [5.41, 5.74) is 7.89. The van der Waals surface area contributed by atoms with E-state index in [0.29, 0.717) is 11.6 Å². The van der Waals surface area contributed by atoms with Crippen molar-refractivity contribution in [2.45, 2.75) is 11.8 Å². The first-order chi connectivity index (χ1) is 9.74. The van der Waals surface area contributed by atoms with Crippen LogP contribution in [-0.4, -0.2) is 18.3 Å². The second-order valence-electron chi connectivity index (χ2n) is 4.95. The number of ether oxygens (including phenoxy) is 1. The van der Waals surface area contributed by atoms with E-state index in [2.05, 4.69) is 0 Å². The Hall–Kier alpha value is -1.55. The van der Waals surface area contributed by atoms with Crippen molar-refractivity contribution >= 4 is 11.6 Å². The van der Waals surface area contributed by atoms with Gasteiger partial charge in [-0.2, -0.15) is 0 Å². The Kier molecular flexibility index (Phi) is 3.66. The second-order valence-corrected chi connectivity index (χ2v) is 5.39. The Morgan fingerprint density at radius 1 is 1.05 bits per heavy atom. The summed E-state index contributed by atoms with van der Waals surface area (Å²) >= 11 is 6.10. The summed E-state index contributed by atoms with van der Waals surface area (Å²) in [6.45, 7) is 0.449. The molecule has 0 radical (unpaired) electrons. The zero-order chi connectivity index (χ0) is 14.1. The molecule has 0 aliphatic carbocycles. The fourth-order valence-corrected chi connectivity index (χ4v) is 3.03. The van der Waals surface area contributed by atoms with E-state index in [1.165, 1.54) is 0 Å². The third-order valence-electron chi connectivity index (χ3n) is 3.85. The number of aliphatic hydroxyl groups excluding tert-OH is 1. The van der Waals surface area contributed by atoms with Crippen molar-refractivity contribution in [2.24, 2.45) is 5.73 Å². The normalized spacial score (nSPS) is 20.6. The lowest BCUT2D eigenvalue weighted by Crippen LogP contribution is -2.22. The van der Waals surface area contributed by atoms with Gasteiger partial charge in [-0.15, -0.1) is 0 Å². The van der Waals surface area contributed by atoms with Gasteiger partial charge in [0, 0.05) is 28.0 Å². The smallest absolute Gasteiger partial charge is 0.131 e. The highest BCUT2D eigenvalue weighted by Gasteiger charge is 2.31. The number of para-hydroxylation sites is 1. The van der Waals surface area contributed by atoms with E-state index >= 15 is 0 Å². The molecule has 0 aromatic heterocycles. The Labute approximate surface area is 122 Å². The van der Waals surface area contributed by atoms with Gasteiger partial charge in [0.05, 0.1) is 6.61 Å². The van der Waals surface area contributed by atoms with Gasteiger partial charge in [-0.1, -0.05) is 29.8 Å². The molecule has 0 spiro atoms. The molecule has 1 aliphatic rings. The molecule has 104 valence electrons. The summed E-state index contributed by atoms with van der Waals surface area (Å²) in [6.07, 6.45) is 0. The average Bonchev–Trinajstić information content (AvgIpc) is 2.60. The van der Waals surface area contributed by atoms with Gasteiger partial charge in [-0.25, -0.2) is 0 Å². The van der Waals surface area contributed by atoms with Crippen LogP contribution in [0.15, 0.2) is 42.5 Å². The van der Waals surface area contributed by atoms with E-state index in [9.17, 15) is 5.11 Å². The molecular weight excluding hydrogens is 274 g/mol. The van der Waals surface area contributed by atoms with Gasteiger partial charge in [0.1, 0.15) is 11.5 Å². The number of hydrogen-bond acceptors (Lipinski definition) is 3. The van der Waals surface area contributed by atoms with E-state index in [1.54, 1.807) is 6.07 Å². The van der Waals surface area contributed by atoms with Gasteiger partial charge in [-0.05, 0) is 30.8 Å². The molecule has 20 heavy (non-hydrogen) atoms. The molecule has 0 unspecified atom stereocenters. The first kappa shape index (κ1) is 13.4. The lowest BCUT2D eigenvalue weighted by molar-refractivity contribution is 0.249. The third-order valence-corrected chi connectivity index (χ3v) is 4.08. The Balaban J connectivity index is 2.21. The van der Waals surface area contributed by atoms with Gasteiger partial charge in [-0.3, -0.25) is 0 Å². The van der Waals surface area contributed by atoms with Crippen molar-refractivity contribution in [1.29, 1.82) is 0 Å². The lowest BCUT2D eigenvalue weighted by atomic mass is 9.82. The molecule has 1 heterocycles. The van der Waals surface area contributed by atoms with Gasteiger partial charge in [0.25, 0.3) is 0 Å². The molecule has 0 amide bonds. The van der Waals surface area contributed by atoms with Crippen LogP contribution >= 0.6 is 11.6 Å². The Morgan fingerprint density at radius 2 is 1.80 bits per heavy atom. The number of fused-ring (bicyclic) bond motifs is 2. The maximum atomic E-state index is 9.82. The number of nitrogens with two attached hydrogens (primary N) is 1. The molecule has 0 fully saturated rings. The largest absolute Gasteiger partial charge is 0.457 e. The van der Waals surface area contributed by atoms with Crippen molar-refractivity contribution in [3.8, 4) is 11.5 Å². The number of rotatable bonds is 2. The number of benzene rings is 2. The fourth-order valence-electron chi connectivity index (χ4n) is 2.85. The van der Waals surface area contributed by atoms with E-state index in [-0.39, 0.29) is 18.4 Å². The molecule has 3 N–H and O–H groups in total. The molecule has 3 nitrogen and oxygen atoms in total. The predicted octanol–water partition coefficient (Wildman–Crippen LogP) is 3.26. The minimum atomic E-state index is -0.0871. The van der Waals surface area contributed by atoms with Crippen LogP contribution in [0.1, 0.15) is 23.0 Å². The molecule has 3 rings (SSSR count). The summed E-state index contributed by atoms with van der Waals surface area (Å²) in [7, 11) is 0. The van der Waals surface area contributed by atoms with E-state index in [1.807, 2.05) is 36.4 Å². The lowest BCUT2D eigenvalue weighted by Gasteiger charge is -2.23. The summed E-state index contributed by atoms with van der Waals surface area (Å²) < 4.78 is 6.00.